The van der Waals surface area contributed by atoms with Gasteiger partial charge in [0.1, 0.15) is 0 Å². The second-order valence-electron chi connectivity index (χ2n) is 8.19. The third-order valence-electron chi connectivity index (χ3n) is 5.75. The molecule has 2 aromatic carbocycles. The Balaban J connectivity index is 1.92. The van der Waals surface area contributed by atoms with Crippen LogP contribution in [0.15, 0.2) is 73.1 Å². The first-order valence-electron chi connectivity index (χ1n) is 9.54. The van der Waals surface area contributed by atoms with Crippen LogP contribution < -0.4 is 4.57 Å². The summed E-state index contributed by atoms with van der Waals surface area (Å²) in [5.41, 5.74) is 8.78. The molecule has 1 aliphatic carbocycles. The second kappa shape index (κ2) is 5.75. The Morgan fingerprint density at radius 3 is 2.41 bits per heavy atom. The van der Waals surface area contributed by atoms with Gasteiger partial charge in [-0.3, -0.25) is 0 Å². The molecule has 0 atom stereocenters. The summed E-state index contributed by atoms with van der Waals surface area (Å²) in [6.07, 6.45) is 5.32. The van der Waals surface area contributed by atoms with Gasteiger partial charge in [0.05, 0.1) is 22.2 Å². The van der Waals surface area contributed by atoms with Crippen LogP contribution in [-0.4, -0.2) is 4.98 Å². The number of nitrogens with zero attached hydrogens (tertiary/aromatic N) is 2. The SMILES string of the molecule is Cc1cc[n+](-c2c3c(nc4ccccc24)-c2ccccc2C(C)(C)C3)cc1. The van der Waals surface area contributed by atoms with Crippen molar-refractivity contribution in [2.24, 2.45) is 0 Å². The first-order valence-corrected chi connectivity index (χ1v) is 9.54. The van der Waals surface area contributed by atoms with E-state index in [1.807, 2.05) is 0 Å². The van der Waals surface area contributed by atoms with Gasteiger partial charge in [-0.25, -0.2) is 4.98 Å². The van der Waals surface area contributed by atoms with Crippen molar-refractivity contribution in [2.75, 3.05) is 0 Å². The van der Waals surface area contributed by atoms with Crippen molar-refractivity contribution >= 4 is 10.9 Å². The highest BCUT2D eigenvalue weighted by molar-refractivity contribution is 5.91. The Hall–Kier alpha value is -3.00. The molecule has 132 valence electrons. The molecule has 0 fully saturated rings. The van der Waals surface area contributed by atoms with Gasteiger partial charge in [0.2, 0.25) is 5.69 Å². The molecule has 2 heteroatoms. The number of para-hydroxylation sites is 1. The molecule has 0 unspecified atom stereocenters. The van der Waals surface area contributed by atoms with Crippen molar-refractivity contribution in [2.45, 2.75) is 32.6 Å². The maximum Gasteiger partial charge on any atom is 0.225 e. The lowest BCUT2D eigenvalue weighted by Gasteiger charge is -2.33. The van der Waals surface area contributed by atoms with E-state index in [9.17, 15) is 0 Å². The topological polar surface area (TPSA) is 16.8 Å². The molecule has 5 rings (SSSR count). The molecule has 27 heavy (non-hydrogen) atoms. The molecule has 2 heterocycles. The number of hydrogen-bond acceptors (Lipinski definition) is 1. The third-order valence-corrected chi connectivity index (χ3v) is 5.75. The maximum atomic E-state index is 5.11. The van der Waals surface area contributed by atoms with Gasteiger partial charge in [-0.05, 0) is 42.0 Å². The van der Waals surface area contributed by atoms with Crippen LogP contribution in [0.4, 0.5) is 0 Å². The fraction of sp³-hybridized carbons (Fsp3) is 0.200. The third kappa shape index (κ3) is 2.48. The maximum absolute atomic E-state index is 5.11. The van der Waals surface area contributed by atoms with Crippen molar-refractivity contribution in [3.63, 3.8) is 0 Å². The molecule has 0 bridgehead atoms. The fourth-order valence-corrected chi connectivity index (χ4v) is 4.39. The summed E-state index contributed by atoms with van der Waals surface area (Å²) in [4.78, 5) is 5.11. The highest BCUT2D eigenvalue weighted by atomic mass is 15.0. The largest absolute Gasteiger partial charge is 0.247 e. The van der Waals surface area contributed by atoms with Gasteiger partial charge < -0.3 is 0 Å². The highest BCUT2D eigenvalue weighted by Gasteiger charge is 2.36. The lowest BCUT2D eigenvalue weighted by Crippen LogP contribution is -2.35. The zero-order valence-corrected chi connectivity index (χ0v) is 16.0. The van der Waals surface area contributed by atoms with E-state index in [0.29, 0.717) is 0 Å². The summed E-state index contributed by atoms with van der Waals surface area (Å²) in [5.74, 6) is 0. The van der Waals surface area contributed by atoms with Gasteiger partial charge >= 0.3 is 0 Å². The number of benzene rings is 2. The summed E-state index contributed by atoms with van der Waals surface area (Å²) < 4.78 is 2.26. The quantitative estimate of drug-likeness (QED) is 0.424. The van der Waals surface area contributed by atoms with Crippen LogP contribution in [0.1, 0.15) is 30.5 Å². The summed E-state index contributed by atoms with van der Waals surface area (Å²) in [7, 11) is 0. The van der Waals surface area contributed by atoms with Crippen molar-refractivity contribution in [3.05, 3.63) is 89.7 Å². The van der Waals surface area contributed by atoms with Crippen molar-refractivity contribution in [1.82, 2.24) is 4.98 Å². The molecule has 0 saturated heterocycles. The molecule has 0 spiro atoms. The van der Waals surface area contributed by atoms with Crippen LogP contribution in [0.2, 0.25) is 0 Å². The molecule has 2 nitrogen and oxygen atoms in total. The molecule has 2 aromatic heterocycles. The summed E-state index contributed by atoms with van der Waals surface area (Å²) in [6, 6.07) is 21.6. The van der Waals surface area contributed by atoms with Crippen molar-refractivity contribution in [3.8, 4) is 16.9 Å². The first-order chi connectivity index (χ1) is 13.0. The number of aryl methyl sites for hydroxylation is 1. The zero-order chi connectivity index (χ0) is 18.6. The smallest absolute Gasteiger partial charge is 0.225 e. The van der Waals surface area contributed by atoms with Crippen molar-refractivity contribution < 1.29 is 4.57 Å². The number of fused-ring (bicyclic) bond motifs is 4. The van der Waals surface area contributed by atoms with Crippen LogP contribution in [0, 0.1) is 6.92 Å². The molecule has 0 N–H and O–H groups in total. The zero-order valence-electron chi connectivity index (χ0n) is 16.0. The van der Waals surface area contributed by atoms with Crippen LogP contribution in [0.3, 0.4) is 0 Å². The van der Waals surface area contributed by atoms with Crippen molar-refractivity contribution in [1.29, 1.82) is 0 Å². The Labute approximate surface area is 160 Å². The highest BCUT2D eigenvalue weighted by Crippen LogP contribution is 2.44. The predicted molar refractivity (Wildman–Crippen MR) is 110 cm³/mol. The minimum atomic E-state index is 0.0771. The Morgan fingerprint density at radius 1 is 0.889 bits per heavy atom. The lowest BCUT2D eigenvalue weighted by molar-refractivity contribution is -0.594. The number of pyridine rings is 2. The monoisotopic (exact) mass is 351 g/mol. The van der Waals surface area contributed by atoms with E-state index in [0.717, 1.165) is 17.6 Å². The average Bonchev–Trinajstić information content (AvgIpc) is 2.68. The van der Waals surface area contributed by atoms with E-state index in [2.05, 4.69) is 98.4 Å². The minimum absolute atomic E-state index is 0.0771. The van der Waals surface area contributed by atoms with Crippen LogP contribution >= 0.6 is 0 Å². The van der Waals surface area contributed by atoms with Gasteiger partial charge in [0, 0.05) is 17.7 Å². The van der Waals surface area contributed by atoms with Gasteiger partial charge in [-0.2, -0.15) is 4.57 Å². The number of hydrogen-bond donors (Lipinski definition) is 0. The van der Waals surface area contributed by atoms with E-state index >= 15 is 0 Å². The van der Waals surface area contributed by atoms with E-state index in [1.54, 1.807) is 0 Å². The van der Waals surface area contributed by atoms with Gasteiger partial charge in [-0.15, -0.1) is 0 Å². The molecule has 0 amide bonds. The molecule has 4 aromatic rings. The molecule has 0 aliphatic heterocycles. The molecular weight excluding hydrogens is 328 g/mol. The fourth-order valence-electron chi connectivity index (χ4n) is 4.39. The molecule has 0 radical (unpaired) electrons. The summed E-state index contributed by atoms with van der Waals surface area (Å²) in [6.45, 7) is 6.81. The van der Waals surface area contributed by atoms with Gasteiger partial charge in [0.25, 0.3) is 0 Å². The standard InChI is InChI=1S/C25H23N2/c1-17-12-14-27(15-13-17)24-19-9-5-7-11-22(19)26-23-18-8-4-6-10-21(18)25(2,3)16-20(23)24/h4-15H,16H2,1-3H3/q+1. The van der Waals surface area contributed by atoms with E-state index in [-0.39, 0.29) is 5.41 Å². The lowest BCUT2D eigenvalue weighted by atomic mass is 9.71. The number of aromatic nitrogens is 2. The Morgan fingerprint density at radius 2 is 1.59 bits per heavy atom. The number of rotatable bonds is 1. The van der Waals surface area contributed by atoms with Gasteiger partial charge in [0.15, 0.2) is 12.4 Å². The van der Waals surface area contributed by atoms with E-state index in [1.165, 1.54) is 33.3 Å². The Kier molecular flexibility index (Phi) is 3.45. The molecular formula is C25H23N2+. The molecule has 0 saturated carbocycles. The van der Waals surface area contributed by atoms with Crippen LogP contribution in [0.5, 0.6) is 0 Å². The normalized spacial score (nSPS) is 14.6. The first kappa shape index (κ1) is 16.2. The second-order valence-corrected chi connectivity index (χ2v) is 8.19. The summed E-state index contributed by atoms with van der Waals surface area (Å²) in [5, 5.41) is 1.21. The Bertz CT molecular complexity index is 1170. The summed E-state index contributed by atoms with van der Waals surface area (Å²) >= 11 is 0. The van der Waals surface area contributed by atoms with Crippen LogP contribution in [-0.2, 0) is 11.8 Å². The predicted octanol–water partition coefficient (Wildman–Crippen LogP) is 5.32. The van der Waals surface area contributed by atoms with Gasteiger partial charge in [-0.1, -0.05) is 50.2 Å². The average molecular weight is 351 g/mol. The van der Waals surface area contributed by atoms with E-state index < -0.39 is 0 Å². The van der Waals surface area contributed by atoms with Crippen LogP contribution in [0.25, 0.3) is 27.8 Å². The minimum Gasteiger partial charge on any atom is -0.247 e. The molecule has 1 aliphatic rings. The van der Waals surface area contributed by atoms with E-state index in [4.69, 9.17) is 4.98 Å².